The Bertz CT molecular complexity index is 454. The van der Waals surface area contributed by atoms with E-state index in [9.17, 15) is 9.59 Å². The third-order valence-corrected chi connectivity index (χ3v) is 3.16. The fraction of sp³-hybridized carbons (Fsp3) is 0.500. The van der Waals surface area contributed by atoms with Crippen molar-refractivity contribution in [2.24, 2.45) is 5.16 Å². The van der Waals surface area contributed by atoms with Crippen molar-refractivity contribution in [3.05, 3.63) is 5.82 Å². The molecular weight excluding hydrogens is 256 g/mol. The van der Waals surface area contributed by atoms with Crippen LogP contribution in [0.1, 0.15) is 31.5 Å². The topological polar surface area (TPSA) is 93.5 Å². The van der Waals surface area contributed by atoms with Crippen molar-refractivity contribution < 1.29 is 14.4 Å². The maximum Gasteiger partial charge on any atom is 0.261 e. The molecule has 2 rings (SSSR count). The first-order chi connectivity index (χ1) is 8.83. The Labute approximate surface area is 107 Å². The lowest BCUT2D eigenvalue weighted by Gasteiger charge is -2.05. The van der Waals surface area contributed by atoms with Crippen LogP contribution in [0.5, 0.6) is 0 Å². The molecule has 0 aliphatic heterocycles. The Kier molecular flexibility index (Phi) is 4.35. The lowest BCUT2D eigenvalue weighted by Crippen LogP contribution is -2.10. The van der Waals surface area contributed by atoms with Crippen molar-refractivity contribution in [1.29, 1.82) is 0 Å². The normalized spacial score (nSPS) is 16.6. The molecule has 0 atom stereocenters. The molecule has 1 saturated carbocycles. The monoisotopic (exact) mass is 267 g/mol. The van der Waals surface area contributed by atoms with Gasteiger partial charge in [-0.2, -0.15) is 9.36 Å². The second-order valence-corrected chi connectivity index (χ2v) is 4.49. The van der Waals surface area contributed by atoms with Gasteiger partial charge in [0, 0.05) is 11.5 Å². The molecule has 18 heavy (non-hydrogen) atoms. The molecule has 7 nitrogen and oxygen atoms in total. The van der Waals surface area contributed by atoms with E-state index >= 15 is 0 Å². The van der Waals surface area contributed by atoms with Gasteiger partial charge in [-0.1, -0.05) is 5.16 Å². The number of hydrogen-bond acceptors (Lipinski definition) is 7. The average molecular weight is 267 g/mol. The maximum absolute atomic E-state index is 10.8. The highest BCUT2D eigenvalue weighted by Gasteiger charge is 2.18. The van der Waals surface area contributed by atoms with Gasteiger partial charge in [0.2, 0.25) is 17.4 Å². The van der Waals surface area contributed by atoms with Crippen LogP contribution in [0.3, 0.4) is 0 Å². The van der Waals surface area contributed by atoms with Gasteiger partial charge in [-0.15, -0.1) is 0 Å². The minimum absolute atomic E-state index is 0.0551. The molecule has 1 aromatic rings. The number of hydrogen-bond donors (Lipinski definition) is 1. The molecule has 0 aromatic carbocycles. The van der Waals surface area contributed by atoms with E-state index < -0.39 is 0 Å². The quantitative estimate of drug-likeness (QED) is 0.469. The van der Waals surface area contributed by atoms with E-state index in [4.69, 9.17) is 4.84 Å². The SMILES string of the molecule is O=[C]C(=NOC1CCCC1)c1nsc(NC=O)n1. The van der Waals surface area contributed by atoms with Crippen molar-refractivity contribution >= 4 is 35.1 Å². The molecule has 1 amide bonds. The molecule has 95 valence electrons. The van der Waals surface area contributed by atoms with Crippen LogP contribution in [-0.2, 0) is 14.4 Å². The first-order valence-corrected chi connectivity index (χ1v) is 6.27. The third-order valence-electron chi connectivity index (χ3n) is 2.51. The van der Waals surface area contributed by atoms with Crippen LogP contribution in [0.15, 0.2) is 5.16 Å². The Balaban J connectivity index is 2.03. The predicted octanol–water partition coefficient (Wildman–Crippen LogP) is 0.879. The highest BCUT2D eigenvalue weighted by molar-refractivity contribution is 7.10. The lowest BCUT2D eigenvalue weighted by atomic mass is 10.3. The number of carbonyl (C=O) groups is 1. The zero-order chi connectivity index (χ0) is 12.8. The number of rotatable bonds is 6. The summed E-state index contributed by atoms with van der Waals surface area (Å²) in [4.78, 5) is 30.1. The summed E-state index contributed by atoms with van der Waals surface area (Å²) in [5.74, 6) is 0.109. The molecule has 0 saturated heterocycles. The first-order valence-electron chi connectivity index (χ1n) is 5.49. The third kappa shape index (κ3) is 3.10. The van der Waals surface area contributed by atoms with E-state index in [1.54, 1.807) is 6.29 Å². The zero-order valence-electron chi connectivity index (χ0n) is 9.46. The van der Waals surface area contributed by atoms with Crippen LogP contribution in [0.25, 0.3) is 0 Å². The van der Waals surface area contributed by atoms with E-state index in [-0.39, 0.29) is 17.6 Å². The van der Waals surface area contributed by atoms with E-state index in [0.717, 1.165) is 37.2 Å². The molecule has 1 radical (unpaired) electrons. The van der Waals surface area contributed by atoms with Gasteiger partial charge in [-0.05, 0) is 25.7 Å². The van der Waals surface area contributed by atoms with E-state index in [1.165, 1.54) is 0 Å². The Morgan fingerprint density at radius 2 is 2.33 bits per heavy atom. The molecule has 0 spiro atoms. The fourth-order valence-corrected chi connectivity index (χ4v) is 2.18. The highest BCUT2D eigenvalue weighted by Crippen LogP contribution is 2.21. The van der Waals surface area contributed by atoms with E-state index in [2.05, 4.69) is 19.8 Å². The van der Waals surface area contributed by atoms with Crippen molar-refractivity contribution in [3.8, 4) is 0 Å². The Morgan fingerprint density at radius 1 is 1.56 bits per heavy atom. The number of aromatic nitrogens is 2. The van der Waals surface area contributed by atoms with Gasteiger partial charge in [0.25, 0.3) is 6.29 Å². The van der Waals surface area contributed by atoms with Crippen molar-refractivity contribution in [1.82, 2.24) is 9.36 Å². The van der Waals surface area contributed by atoms with Gasteiger partial charge >= 0.3 is 0 Å². The minimum atomic E-state index is -0.0860. The largest absolute Gasteiger partial charge is 0.392 e. The van der Waals surface area contributed by atoms with Gasteiger partial charge in [0.15, 0.2) is 5.71 Å². The molecule has 0 bridgehead atoms. The molecule has 1 aliphatic rings. The summed E-state index contributed by atoms with van der Waals surface area (Å²) in [6, 6.07) is 0. The number of amides is 1. The summed E-state index contributed by atoms with van der Waals surface area (Å²) in [6.45, 7) is 0. The first kappa shape index (κ1) is 12.6. The van der Waals surface area contributed by atoms with Crippen LogP contribution in [0, 0.1) is 0 Å². The minimum Gasteiger partial charge on any atom is -0.392 e. The van der Waals surface area contributed by atoms with Crippen molar-refractivity contribution in [3.63, 3.8) is 0 Å². The molecule has 1 aromatic heterocycles. The second kappa shape index (κ2) is 6.20. The van der Waals surface area contributed by atoms with Gasteiger partial charge in [0.05, 0.1) is 0 Å². The summed E-state index contributed by atoms with van der Waals surface area (Å²) in [5.41, 5.74) is -0.0860. The van der Waals surface area contributed by atoms with Crippen LogP contribution >= 0.6 is 11.5 Å². The van der Waals surface area contributed by atoms with Gasteiger partial charge in [0.1, 0.15) is 6.10 Å². The van der Waals surface area contributed by atoms with Crippen LogP contribution in [0.4, 0.5) is 5.13 Å². The van der Waals surface area contributed by atoms with Crippen LogP contribution < -0.4 is 5.32 Å². The van der Waals surface area contributed by atoms with Crippen molar-refractivity contribution in [2.45, 2.75) is 31.8 Å². The highest BCUT2D eigenvalue weighted by atomic mass is 32.1. The maximum atomic E-state index is 10.8. The average Bonchev–Trinajstić information content (AvgIpc) is 3.02. The summed E-state index contributed by atoms with van der Waals surface area (Å²) in [7, 11) is 0. The number of carbonyl (C=O) groups excluding carboxylic acids is 2. The summed E-state index contributed by atoms with van der Waals surface area (Å²) < 4.78 is 3.89. The molecule has 1 aliphatic carbocycles. The summed E-state index contributed by atoms with van der Waals surface area (Å²) in [6.07, 6.45) is 6.29. The second-order valence-electron chi connectivity index (χ2n) is 3.74. The number of nitrogens with one attached hydrogen (secondary N) is 1. The molecule has 1 heterocycles. The molecule has 1 fully saturated rings. The number of oxime groups is 1. The molecule has 8 heteroatoms. The molecule has 1 N–H and O–H groups in total. The Morgan fingerprint density at radius 3 is 3.00 bits per heavy atom. The van der Waals surface area contributed by atoms with E-state index in [0.29, 0.717) is 11.5 Å². The van der Waals surface area contributed by atoms with Gasteiger partial charge in [-0.25, -0.2) is 0 Å². The molecular formula is C10H11N4O3S. The van der Waals surface area contributed by atoms with Crippen LogP contribution in [-0.4, -0.2) is 33.9 Å². The summed E-state index contributed by atoms with van der Waals surface area (Å²) >= 11 is 0.957. The lowest BCUT2D eigenvalue weighted by molar-refractivity contribution is -0.105. The number of nitrogens with zero attached hydrogens (tertiary/aromatic N) is 3. The van der Waals surface area contributed by atoms with Gasteiger partial charge < -0.3 is 10.2 Å². The van der Waals surface area contributed by atoms with Gasteiger partial charge in [-0.3, -0.25) is 9.59 Å². The molecule has 0 unspecified atom stereocenters. The smallest absolute Gasteiger partial charge is 0.261 e. The summed E-state index contributed by atoms with van der Waals surface area (Å²) in [5, 5.41) is 6.36. The number of anilines is 1. The predicted molar refractivity (Wildman–Crippen MR) is 65.2 cm³/mol. The van der Waals surface area contributed by atoms with Crippen molar-refractivity contribution in [2.75, 3.05) is 5.32 Å². The fourth-order valence-electron chi connectivity index (χ4n) is 1.65. The van der Waals surface area contributed by atoms with Crippen LogP contribution in [0.2, 0.25) is 0 Å². The standard InChI is InChI=1S/C10H11N4O3S/c15-5-8(13-17-7-3-1-2-4-7)9-12-10(11-6-16)18-14-9/h6-7H,1-4H2,(H,11,12,14,16). The Hall–Kier alpha value is -1.83. The van der Waals surface area contributed by atoms with E-state index in [1.807, 2.05) is 0 Å². The zero-order valence-corrected chi connectivity index (χ0v) is 10.3.